The maximum atomic E-state index is 13.1. The summed E-state index contributed by atoms with van der Waals surface area (Å²) in [4.78, 5) is 27.1. The summed E-state index contributed by atoms with van der Waals surface area (Å²) in [5, 5.41) is 2.70. The monoisotopic (exact) mass is 467 g/mol. The highest BCUT2D eigenvalue weighted by molar-refractivity contribution is 7.89. The van der Waals surface area contributed by atoms with E-state index in [2.05, 4.69) is 10.2 Å². The minimum absolute atomic E-state index is 0.0383. The Morgan fingerprint density at radius 3 is 2.44 bits per heavy atom. The van der Waals surface area contributed by atoms with Gasteiger partial charge in [-0.25, -0.2) is 13.2 Å². The van der Waals surface area contributed by atoms with Crippen molar-refractivity contribution < 1.29 is 27.5 Å². The molecule has 2 fully saturated rings. The third-order valence-corrected chi connectivity index (χ3v) is 7.43. The molecule has 0 unspecified atom stereocenters. The SMILES string of the molecule is CC(C)CNC(=O)COC(=O)c1cc(S(=O)(=O)N2CCOCC2)ccc1N1CCCCC1. The highest BCUT2D eigenvalue weighted by Gasteiger charge is 2.29. The molecule has 0 aromatic heterocycles. The van der Waals surface area contributed by atoms with Crippen LogP contribution < -0.4 is 10.2 Å². The number of anilines is 1. The van der Waals surface area contributed by atoms with Crippen molar-refractivity contribution in [2.45, 2.75) is 38.0 Å². The first-order chi connectivity index (χ1) is 15.3. The molecule has 0 bridgehead atoms. The second-order valence-electron chi connectivity index (χ2n) is 8.52. The summed E-state index contributed by atoms with van der Waals surface area (Å²) in [5.74, 6) is -0.810. The van der Waals surface area contributed by atoms with Crippen molar-refractivity contribution in [2.75, 3.05) is 57.4 Å². The third kappa shape index (κ3) is 6.20. The largest absolute Gasteiger partial charge is 0.452 e. The summed E-state index contributed by atoms with van der Waals surface area (Å²) < 4.78 is 38.1. The summed E-state index contributed by atoms with van der Waals surface area (Å²) in [7, 11) is -3.77. The number of hydrogen-bond acceptors (Lipinski definition) is 7. The number of nitrogens with zero attached hydrogens (tertiary/aromatic N) is 2. The van der Waals surface area contributed by atoms with E-state index >= 15 is 0 Å². The Hall–Kier alpha value is -2.17. The summed E-state index contributed by atoms with van der Waals surface area (Å²) in [5.41, 5.74) is 0.802. The molecule has 9 nitrogen and oxygen atoms in total. The molecule has 10 heteroatoms. The zero-order valence-corrected chi connectivity index (χ0v) is 19.7. The number of carbonyl (C=O) groups is 2. The maximum absolute atomic E-state index is 13.1. The Balaban J connectivity index is 1.83. The summed E-state index contributed by atoms with van der Waals surface area (Å²) in [6.45, 7) is 6.80. The first-order valence-corrected chi connectivity index (χ1v) is 12.6. The molecule has 2 heterocycles. The zero-order chi connectivity index (χ0) is 23.1. The molecule has 0 saturated carbocycles. The number of rotatable bonds is 8. The summed E-state index contributed by atoms with van der Waals surface area (Å²) >= 11 is 0. The minimum atomic E-state index is -3.77. The van der Waals surface area contributed by atoms with Gasteiger partial charge >= 0.3 is 5.97 Å². The second-order valence-corrected chi connectivity index (χ2v) is 10.5. The first-order valence-electron chi connectivity index (χ1n) is 11.2. The van der Waals surface area contributed by atoms with Gasteiger partial charge in [-0.3, -0.25) is 4.79 Å². The lowest BCUT2D eigenvalue weighted by Gasteiger charge is -2.31. The topological polar surface area (TPSA) is 105 Å². The van der Waals surface area contributed by atoms with Crippen molar-refractivity contribution in [3.05, 3.63) is 23.8 Å². The van der Waals surface area contributed by atoms with Crippen LogP contribution in [0.3, 0.4) is 0 Å². The highest BCUT2D eigenvalue weighted by Crippen LogP contribution is 2.29. The van der Waals surface area contributed by atoms with Gasteiger partial charge in [0, 0.05) is 32.7 Å². The minimum Gasteiger partial charge on any atom is -0.452 e. The van der Waals surface area contributed by atoms with Gasteiger partial charge in [-0.1, -0.05) is 13.8 Å². The number of sulfonamides is 1. The van der Waals surface area contributed by atoms with Crippen LogP contribution in [0.15, 0.2) is 23.1 Å². The van der Waals surface area contributed by atoms with E-state index in [-0.39, 0.29) is 35.4 Å². The summed E-state index contributed by atoms with van der Waals surface area (Å²) in [6, 6.07) is 4.60. The van der Waals surface area contributed by atoms with Crippen LogP contribution in [0.25, 0.3) is 0 Å². The maximum Gasteiger partial charge on any atom is 0.340 e. The molecule has 1 aromatic carbocycles. The average Bonchev–Trinajstić information content (AvgIpc) is 2.82. The summed E-state index contributed by atoms with van der Waals surface area (Å²) in [6.07, 6.45) is 3.12. The average molecular weight is 468 g/mol. The lowest BCUT2D eigenvalue weighted by atomic mass is 10.1. The molecule has 2 aliphatic rings. The van der Waals surface area contributed by atoms with Crippen molar-refractivity contribution in [3.8, 4) is 0 Å². The fraction of sp³-hybridized carbons (Fsp3) is 0.636. The van der Waals surface area contributed by atoms with Gasteiger partial charge in [0.15, 0.2) is 6.61 Å². The standard InChI is InChI=1S/C22H33N3O6S/c1-17(2)15-23-21(26)16-31-22(27)19-14-18(32(28,29)25-10-12-30-13-11-25)6-7-20(19)24-8-4-3-5-9-24/h6-7,14,17H,3-5,8-13,15-16H2,1-2H3,(H,23,26). The van der Waals surface area contributed by atoms with Crippen LogP contribution in [0, 0.1) is 5.92 Å². The fourth-order valence-corrected chi connectivity index (χ4v) is 5.20. The number of benzene rings is 1. The van der Waals surface area contributed by atoms with Crippen LogP contribution >= 0.6 is 0 Å². The van der Waals surface area contributed by atoms with E-state index in [1.54, 1.807) is 12.1 Å². The predicted octanol–water partition coefficient (Wildman–Crippen LogP) is 1.63. The van der Waals surface area contributed by atoms with Crippen molar-refractivity contribution >= 4 is 27.6 Å². The number of carbonyl (C=O) groups excluding carboxylic acids is 2. The van der Waals surface area contributed by atoms with Gasteiger partial charge in [0.2, 0.25) is 10.0 Å². The van der Waals surface area contributed by atoms with Gasteiger partial charge in [-0.05, 0) is 43.4 Å². The smallest absolute Gasteiger partial charge is 0.340 e. The van der Waals surface area contributed by atoms with Gasteiger partial charge < -0.3 is 19.7 Å². The Kier molecular flexibility index (Phi) is 8.50. The molecule has 1 N–H and O–H groups in total. The lowest BCUT2D eigenvalue weighted by molar-refractivity contribution is -0.124. The second kappa shape index (κ2) is 11.1. The lowest BCUT2D eigenvalue weighted by Crippen LogP contribution is -2.40. The van der Waals surface area contributed by atoms with Crippen molar-refractivity contribution in [1.29, 1.82) is 0 Å². The number of ether oxygens (including phenoxy) is 2. The number of amides is 1. The van der Waals surface area contributed by atoms with Crippen LogP contribution in [-0.2, 0) is 24.3 Å². The van der Waals surface area contributed by atoms with Crippen LogP contribution in [-0.4, -0.2) is 77.1 Å². The Bertz CT molecular complexity index is 906. The van der Waals surface area contributed by atoms with E-state index in [9.17, 15) is 18.0 Å². The molecule has 0 atom stereocenters. The molecule has 32 heavy (non-hydrogen) atoms. The molecule has 178 valence electrons. The van der Waals surface area contributed by atoms with E-state index in [0.29, 0.717) is 25.4 Å². The molecule has 0 aliphatic carbocycles. The van der Waals surface area contributed by atoms with Gasteiger partial charge in [0.1, 0.15) is 0 Å². The van der Waals surface area contributed by atoms with E-state index in [1.807, 2.05) is 13.8 Å². The van der Waals surface area contributed by atoms with Crippen LogP contribution in [0.5, 0.6) is 0 Å². The highest BCUT2D eigenvalue weighted by atomic mass is 32.2. The van der Waals surface area contributed by atoms with Crippen molar-refractivity contribution in [2.24, 2.45) is 5.92 Å². The molecular formula is C22H33N3O6S. The first kappa shape index (κ1) is 24.5. The van der Waals surface area contributed by atoms with Gasteiger partial charge in [0.05, 0.1) is 29.4 Å². The number of piperidine rings is 1. The molecule has 0 spiro atoms. The molecule has 1 amide bonds. The number of morpholine rings is 1. The molecule has 0 radical (unpaired) electrons. The van der Waals surface area contributed by atoms with E-state index in [1.165, 1.54) is 10.4 Å². The molecular weight excluding hydrogens is 434 g/mol. The Morgan fingerprint density at radius 1 is 1.09 bits per heavy atom. The fourth-order valence-electron chi connectivity index (χ4n) is 3.76. The van der Waals surface area contributed by atoms with E-state index in [0.717, 1.165) is 32.4 Å². The molecule has 3 rings (SSSR count). The number of hydrogen-bond donors (Lipinski definition) is 1. The third-order valence-electron chi connectivity index (χ3n) is 5.53. The van der Waals surface area contributed by atoms with Crippen LogP contribution in [0.4, 0.5) is 5.69 Å². The van der Waals surface area contributed by atoms with Gasteiger partial charge in [0.25, 0.3) is 5.91 Å². The Morgan fingerprint density at radius 2 is 1.78 bits per heavy atom. The van der Waals surface area contributed by atoms with Crippen molar-refractivity contribution in [3.63, 3.8) is 0 Å². The quantitative estimate of drug-likeness (QED) is 0.579. The molecule has 2 aliphatic heterocycles. The predicted molar refractivity (Wildman–Crippen MR) is 120 cm³/mol. The molecule has 1 aromatic rings. The number of esters is 1. The van der Waals surface area contributed by atoms with Crippen molar-refractivity contribution in [1.82, 2.24) is 9.62 Å². The zero-order valence-electron chi connectivity index (χ0n) is 18.8. The number of nitrogens with one attached hydrogen (secondary N) is 1. The Labute approximate surface area is 190 Å². The van der Waals surface area contributed by atoms with E-state index in [4.69, 9.17) is 9.47 Å². The van der Waals surface area contributed by atoms with Gasteiger partial charge in [-0.2, -0.15) is 4.31 Å². The van der Waals surface area contributed by atoms with E-state index < -0.39 is 22.6 Å². The van der Waals surface area contributed by atoms with Crippen LogP contribution in [0.2, 0.25) is 0 Å². The van der Waals surface area contributed by atoms with Crippen LogP contribution in [0.1, 0.15) is 43.5 Å². The molecule has 2 saturated heterocycles. The van der Waals surface area contributed by atoms with Gasteiger partial charge in [-0.15, -0.1) is 0 Å². The normalized spacial score (nSPS) is 17.9.